The number of halogens is 4. The monoisotopic (exact) mass is 222 g/mol. The van der Waals surface area contributed by atoms with Crippen LogP contribution >= 0.6 is 0 Å². The molecule has 1 aromatic rings. The van der Waals surface area contributed by atoms with Gasteiger partial charge in [0.15, 0.2) is 0 Å². The average molecular weight is 222 g/mol. The summed E-state index contributed by atoms with van der Waals surface area (Å²) >= 11 is 0. The van der Waals surface area contributed by atoms with Gasteiger partial charge in [-0.25, -0.2) is 4.39 Å². The van der Waals surface area contributed by atoms with E-state index in [-0.39, 0.29) is 25.0 Å². The fraction of sp³-hybridized carbons (Fsp3) is 0.400. The molecule has 1 aromatic carbocycles. The minimum absolute atomic E-state index is 0.0170. The molecule has 0 saturated carbocycles. The molecule has 0 unspecified atom stereocenters. The van der Waals surface area contributed by atoms with Crippen LogP contribution in [0.2, 0.25) is 0 Å². The second-order valence-corrected chi connectivity index (χ2v) is 3.10. The number of rotatable bonds is 3. The molecule has 0 amide bonds. The molecule has 0 fully saturated rings. The molecule has 15 heavy (non-hydrogen) atoms. The Kier molecular flexibility index (Phi) is 3.68. The molecule has 0 aliphatic rings. The summed E-state index contributed by atoms with van der Waals surface area (Å²) < 4.78 is 50.3. The van der Waals surface area contributed by atoms with Crippen LogP contribution in [0.3, 0.4) is 0 Å². The van der Waals surface area contributed by atoms with Crippen LogP contribution in [-0.4, -0.2) is 11.7 Å². The lowest BCUT2D eigenvalue weighted by molar-refractivity contribution is -0.140. The lowest BCUT2D eigenvalue weighted by Gasteiger charge is -2.13. The van der Waals surface area contributed by atoms with Gasteiger partial charge in [0, 0.05) is 6.61 Å². The summed E-state index contributed by atoms with van der Waals surface area (Å²) in [5, 5.41) is 8.52. The molecule has 0 saturated heterocycles. The van der Waals surface area contributed by atoms with E-state index in [0.29, 0.717) is 0 Å². The predicted molar refractivity (Wildman–Crippen MR) is 46.8 cm³/mol. The van der Waals surface area contributed by atoms with Crippen molar-refractivity contribution in [2.24, 2.45) is 0 Å². The molecule has 0 aliphatic carbocycles. The van der Waals surface area contributed by atoms with Crippen LogP contribution < -0.4 is 0 Å². The fourth-order valence-electron chi connectivity index (χ4n) is 1.36. The van der Waals surface area contributed by atoms with Crippen molar-refractivity contribution >= 4 is 0 Å². The van der Waals surface area contributed by atoms with E-state index in [2.05, 4.69) is 0 Å². The predicted octanol–water partition coefficient (Wildman–Crippen LogP) is 2.77. The van der Waals surface area contributed by atoms with E-state index < -0.39 is 17.6 Å². The van der Waals surface area contributed by atoms with E-state index in [0.717, 1.165) is 6.07 Å². The average Bonchev–Trinajstić information content (AvgIpc) is 2.12. The Balaban J connectivity index is 3.09. The van der Waals surface area contributed by atoms with Crippen molar-refractivity contribution in [3.8, 4) is 0 Å². The van der Waals surface area contributed by atoms with Crippen molar-refractivity contribution in [3.63, 3.8) is 0 Å². The summed E-state index contributed by atoms with van der Waals surface area (Å²) in [7, 11) is 0. The molecule has 0 spiro atoms. The van der Waals surface area contributed by atoms with Crippen LogP contribution in [0.15, 0.2) is 18.2 Å². The fourth-order valence-corrected chi connectivity index (χ4v) is 1.36. The van der Waals surface area contributed by atoms with Crippen molar-refractivity contribution in [1.82, 2.24) is 0 Å². The van der Waals surface area contributed by atoms with Gasteiger partial charge in [-0.3, -0.25) is 0 Å². The van der Waals surface area contributed by atoms with Crippen LogP contribution in [0, 0.1) is 5.82 Å². The summed E-state index contributed by atoms with van der Waals surface area (Å²) in [6.45, 7) is -0.214. The highest BCUT2D eigenvalue weighted by Crippen LogP contribution is 2.34. The molecule has 1 nitrogen and oxygen atoms in total. The molecule has 0 aliphatic heterocycles. The van der Waals surface area contributed by atoms with Gasteiger partial charge in [-0.05, 0) is 24.5 Å². The van der Waals surface area contributed by atoms with Gasteiger partial charge in [-0.15, -0.1) is 0 Å². The van der Waals surface area contributed by atoms with Gasteiger partial charge in [-0.1, -0.05) is 12.1 Å². The lowest BCUT2D eigenvalue weighted by atomic mass is 10.0. The first-order chi connectivity index (χ1) is 6.96. The van der Waals surface area contributed by atoms with E-state index in [1.54, 1.807) is 0 Å². The van der Waals surface area contributed by atoms with Gasteiger partial charge in [-0.2, -0.15) is 13.2 Å². The summed E-state index contributed by atoms with van der Waals surface area (Å²) in [5.74, 6) is -1.27. The molecular weight excluding hydrogens is 212 g/mol. The first-order valence-electron chi connectivity index (χ1n) is 4.42. The molecule has 5 heteroatoms. The van der Waals surface area contributed by atoms with E-state index in [9.17, 15) is 17.6 Å². The highest BCUT2D eigenvalue weighted by Gasteiger charge is 2.36. The van der Waals surface area contributed by atoms with Crippen LogP contribution in [0.5, 0.6) is 0 Å². The Bertz CT molecular complexity index is 333. The largest absolute Gasteiger partial charge is 0.419 e. The summed E-state index contributed by atoms with van der Waals surface area (Å²) in [5.41, 5.74) is -1.34. The van der Waals surface area contributed by atoms with Gasteiger partial charge in [0.25, 0.3) is 0 Å². The topological polar surface area (TPSA) is 20.2 Å². The highest BCUT2D eigenvalue weighted by molar-refractivity contribution is 5.31. The minimum atomic E-state index is -4.68. The maximum Gasteiger partial charge on any atom is 0.419 e. The normalized spacial score (nSPS) is 11.8. The molecule has 84 valence electrons. The molecule has 0 heterocycles. The Morgan fingerprint density at radius 1 is 1.20 bits per heavy atom. The Morgan fingerprint density at radius 2 is 1.87 bits per heavy atom. The molecule has 1 rings (SSSR count). The maximum atomic E-state index is 13.0. The maximum absolute atomic E-state index is 13.0. The minimum Gasteiger partial charge on any atom is -0.396 e. The Labute approximate surface area is 84.3 Å². The zero-order valence-corrected chi connectivity index (χ0v) is 7.81. The molecule has 0 radical (unpaired) electrons. The van der Waals surface area contributed by atoms with Gasteiger partial charge in [0.05, 0.1) is 5.56 Å². The first-order valence-corrected chi connectivity index (χ1v) is 4.42. The third-order valence-electron chi connectivity index (χ3n) is 1.99. The van der Waals surface area contributed by atoms with E-state index in [4.69, 9.17) is 5.11 Å². The van der Waals surface area contributed by atoms with Gasteiger partial charge >= 0.3 is 6.18 Å². The van der Waals surface area contributed by atoms with Crippen LogP contribution in [-0.2, 0) is 12.6 Å². The second kappa shape index (κ2) is 4.61. The number of hydrogen-bond acceptors (Lipinski definition) is 1. The second-order valence-electron chi connectivity index (χ2n) is 3.10. The van der Waals surface area contributed by atoms with Crippen LogP contribution in [0.25, 0.3) is 0 Å². The van der Waals surface area contributed by atoms with Crippen LogP contribution in [0.1, 0.15) is 17.5 Å². The highest BCUT2D eigenvalue weighted by atomic mass is 19.4. The third-order valence-corrected chi connectivity index (χ3v) is 1.99. The summed E-state index contributed by atoms with van der Waals surface area (Å²) in [6, 6.07) is 3.24. The van der Waals surface area contributed by atoms with E-state index >= 15 is 0 Å². The van der Waals surface area contributed by atoms with Crippen molar-refractivity contribution in [2.75, 3.05) is 6.61 Å². The zero-order chi connectivity index (χ0) is 11.5. The van der Waals surface area contributed by atoms with Crippen LogP contribution in [0.4, 0.5) is 17.6 Å². The van der Waals surface area contributed by atoms with Gasteiger partial charge in [0.1, 0.15) is 5.82 Å². The summed E-state index contributed by atoms with van der Waals surface area (Å²) in [6.07, 6.45) is -4.48. The number of hydrogen-bond donors (Lipinski definition) is 1. The van der Waals surface area contributed by atoms with Gasteiger partial charge in [0.2, 0.25) is 0 Å². The molecule has 0 aromatic heterocycles. The van der Waals surface area contributed by atoms with E-state index in [1.807, 2.05) is 0 Å². The first kappa shape index (κ1) is 12.0. The quantitative estimate of drug-likeness (QED) is 0.779. The number of aliphatic hydroxyl groups excluding tert-OH is 1. The number of aliphatic hydroxyl groups is 1. The van der Waals surface area contributed by atoms with E-state index in [1.165, 1.54) is 12.1 Å². The Morgan fingerprint density at radius 3 is 2.40 bits per heavy atom. The van der Waals surface area contributed by atoms with Crippen molar-refractivity contribution in [2.45, 2.75) is 19.0 Å². The van der Waals surface area contributed by atoms with Crippen molar-refractivity contribution < 1.29 is 22.7 Å². The summed E-state index contributed by atoms with van der Waals surface area (Å²) in [4.78, 5) is 0. The molecule has 0 atom stereocenters. The van der Waals surface area contributed by atoms with Crippen molar-refractivity contribution in [1.29, 1.82) is 0 Å². The smallest absolute Gasteiger partial charge is 0.396 e. The number of aryl methyl sites for hydroxylation is 1. The third kappa shape index (κ3) is 2.92. The number of benzene rings is 1. The zero-order valence-electron chi connectivity index (χ0n) is 7.81. The SMILES string of the molecule is OCCCc1cccc(F)c1C(F)(F)F. The lowest BCUT2D eigenvalue weighted by Crippen LogP contribution is -2.12. The number of alkyl halides is 3. The molecular formula is C10H10F4O. The standard InChI is InChI=1S/C10H10F4O/c11-8-5-1-3-7(4-2-6-15)9(8)10(12,13)14/h1,3,5,15H,2,4,6H2. The van der Waals surface area contributed by atoms with Crippen molar-refractivity contribution in [3.05, 3.63) is 35.1 Å². The molecule has 0 bridgehead atoms. The van der Waals surface area contributed by atoms with Gasteiger partial charge < -0.3 is 5.11 Å². The Hall–Kier alpha value is -1.10. The molecule has 1 N–H and O–H groups in total.